The van der Waals surface area contributed by atoms with E-state index in [1.165, 1.54) is 11.8 Å². The van der Waals surface area contributed by atoms with Gasteiger partial charge >= 0.3 is 0 Å². The molecule has 0 heterocycles. The van der Waals surface area contributed by atoms with Gasteiger partial charge in [-0.15, -0.1) is 11.8 Å². The Bertz CT molecular complexity index is 1010. The van der Waals surface area contributed by atoms with Crippen molar-refractivity contribution in [1.29, 1.82) is 0 Å². The van der Waals surface area contributed by atoms with Gasteiger partial charge in [-0.05, 0) is 73.7 Å². The van der Waals surface area contributed by atoms with Crippen LogP contribution in [0.3, 0.4) is 0 Å². The van der Waals surface area contributed by atoms with Gasteiger partial charge in [-0.2, -0.15) is 0 Å². The van der Waals surface area contributed by atoms with E-state index in [0.29, 0.717) is 27.0 Å². The summed E-state index contributed by atoms with van der Waals surface area (Å²) in [5.41, 5.74) is 1.85. The Labute approximate surface area is 183 Å². The number of anilines is 2. The molecule has 0 saturated carbocycles. The number of carbonyl (C=O) groups excluding carboxylic acids is 2. The minimum absolute atomic E-state index is 0.101. The number of hydrogen-bond donors (Lipinski definition) is 2. The van der Waals surface area contributed by atoms with Gasteiger partial charge in [-0.1, -0.05) is 29.3 Å². The molecule has 0 spiro atoms. The van der Waals surface area contributed by atoms with Crippen molar-refractivity contribution in [3.8, 4) is 0 Å². The largest absolute Gasteiger partial charge is 0.325 e. The zero-order valence-corrected chi connectivity index (χ0v) is 17.8. The first-order valence-electron chi connectivity index (χ1n) is 8.81. The highest BCUT2D eigenvalue weighted by Crippen LogP contribution is 2.26. The summed E-state index contributed by atoms with van der Waals surface area (Å²) in [6.45, 7) is 1.84. The molecule has 2 amide bonds. The van der Waals surface area contributed by atoms with E-state index in [1.807, 2.05) is 19.1 Å². The molecule has 3 rings (SSSR count). The summed E-state index contributed by atoms with van der Waals surface area (Å²) in [6, 6.07) is 21.1. The first-order valence-corrected chi connectivity index (χ1v) is 10.4. The quantitative estimate of drug-likeness (QED) is 0.434. The van der Waals surface area contributed by atoms with Crippen LogP contribution in [-0.2, 0) is 4.79 Å². The zero-order valence-electron chi connectivity index (χ0n) is 15.5. The van der Waals surface area contributed by atoms with E-state index < -0.39 is 0 Å². The van der Waals surface area contributed by atoms with E-state index in [1.54, 1.807) is 60.7 Å². The first kappa shape index (κ1) is 21.2. The minimum atomic E-state index is -0.294. The zero-order chi connectivity index (χ0) is 20.8. The molecule has 0 aliphatic carbocycles. The maximum Gasteiger partial charge on any atom is 0.255 e. The first-order chi connectivity index (χ1) is 13.9. The van der Waals surface area contributed by atoms with Crippen LogP contribution in [0.15, 0.2) is 77.7 Å². The van der Waals surface area contributed by atoms with Gasteiger partial charge in [-0.3, -0.25) is 9.59 Å². The molecule has 1 unspecified atom stereocenters. The average Bonchev–Trinajstić information content (AvgIpc) is 2.71. The summed E-state index contributed by atoms with van der Waals surface area (Å²) in [5, 5.41) is 6.53. The Balaban J connectivity index is 1.56. The lowest BCUT2D eigenvalue weighted by Crippen LogP contribution is -2.22. The molecule has 3 aromatic rings. The van der Waals surface area contributed by atoms with E-state index in [2.05, 4.69) is 10.6 Å². The summed E-state index contributed by atoms with van der Waals surface area (Å²) in [6.07, 6.45) is 0. The second-order valence-electron chi connectivity index (χ2n) is 6.25. The number of halogens is 2. The maximum atomic E-state index is 12.4. The Kier molecular flexibility index (Phi) is 7.20. The van der Waals surface area contributed by atoms with Crippen LogP contribution < -0.4 is 10.6 Å². The van der Waals surface area contributed by atoms with Crippen molar-refractivity contribution in [3.05, 3.63) is 88.4 Å². The molecular weight excluding hydrogens is 427 g/mol. The third-order valence-corrected chi connectivity index (χ3v) is 5.59. The molecule has 1 atom stereocenters. The van der Waals surface area contributed by atoms with Crippen LogP contribution in [-0.4, -0.2) is 17.1 Å². The van der Waals surface area contributed by atoms with Crippen LogP contribution in [0.5, 0.6) is 0 Å². The topological polar surface area (TPSA) is 58.2 Å². The molecule has 2 N–H and O–H groups in total. The lowest BCUT2D eigenvalue weighted by molar-refractivity contribution is -0.115. The van der Waals surface area contributed by atoms with E-state index in [0.717, 1.165) is 4.90 Å². The fourth-order valence-electron chi connectivity index (χ4n) is 2.48. The van der Waals surface area contributed by atoms with Crippen molar-refractivity contribution >= 4 is 58.2 Å². The van der Waals surface area contributed by atoms with Gasteiger partial charge in [0.05, 0.1) is 5.25 Å². The third kappa shape index (κ3) is 6.26. The summed E-state index contributed by atoms with van der Waals surface area (Å²) in [7, 11) is 0. The van der Waals surface area contributed by atoms with Crippen LogP contribution in [0, 0.1) is 0 Å². The van der Waals surface area contributed by atoms with Gasteiger partial charge < -0.3 is 10.6 Å². The molecule has 0 radical (unpaired) electrons. The molecule has 148 valence electrons. The van der Waals surface area contributed by atoms with Crippen molar-refractivity contribution in [2.75, 3.05) is 10.6 Å². The summed E-state index contributed by atoms with van der Waals surface area (Å²) >= 11 is 13.2. The number of carbonyl (C=O) groups is 2. The van der Waals surface area contributed by atoms with Crippen molar-refractivity contribution < 1.29 is 9.59 Å². The Morgan fingerprint density at radius 1 is 0.828 bits per heavy atom. The summed E-state index contributed by atoms with van der Waals surface area (Å²) in [5.74, 6) is -0.334. The molecule has 0 saturated heterocycles. The van der Waals surface area contributed by atoms with Crippen molar-refractivity contribution in [2.24, 2.45) is 0 Å². The molecule has 0 aromatic heterocycles. The molecule has 29 heavy (non-hydrogen) atoms. The van der Waals surface area contributed by atoms with E-state index >= 15 is 0 Å². The lowest BCUT2D eigenvalue weighted by atomic mass is 10.2. The molecule has 0 bridgehead atoms. The fourth-order valence-corrected chi connectivity index (χ4v) is 3.67. The number of benzene rings is 3. The van der Waals surface area contributed by atoms with Gasteiger partial charge in [-0.25, -0.2) is 0 Å². The van der Waals surface area contributed by atoms with Crippen LogP contribution in [0.25, 0.3) is 0 Å². The predicted molar refractivity (Wildman–Crippen MR) is 121 cm³/mol. The third-order valence-electron chi connectivity index (χ3n) is 3.99. The van der Waals surface area contributed by atoms with Gasteiger partial charge in [0, 0.05) is 31.9 Å². The standard InChI is InChI=1S/C22H18Cl2N2O2S/c1-14(21(27)25-18-7-5-16(23)6-8-18)29-20-11-9-19(10-12-20)26-22(28)15-3-2-4-17(24)13-15/h2-14H,1H3,(H,25,27)(H,26,28). The van der Waals surface area contributed by atoms with Gasteiger partial charge in [0.2, 0.25) is 5.91 Å². The Morgan fingerprint density at radius 3 is 2.10 bits per heavy atom. The van der Waals surface area contributed by atoms with Crippen molar-refractivity contribution in [2.45, 2.75) is 17.1 Å². The highest BCUT2D eigenvalue weighted by atomic mass is 35.5. The van der Waals surface area contributed by atoms with E-state index in [4.69, 9.17) is 23.2 Å². The molecule has 4 nitrogen and oxygen atoms in total. The predicted octanol–water partition coefficient (Wildman–Crippen LogP) is 6.37. The molecule has 7 heteroatoms. The van der Waals surface area contributed by atoms with E-state index in [-0.39, 0.29) is 17.1 Å². The number of hydrogen-bond acceptors (Lipinski definition) is 3. The van der Waals surface area contributed by atoms with Crippen LogP contribution in [0.4, 0.5) is 11.4 Å². The molecule has 0 aliphatic rings. The molecule has 0 fully saturated rings. The lowest BCUT2D eigenvalue weighted by Gasteiger charge is -2.13. The highest BCUT2D eigenvalue weighted by Gasteiger charge is 2.15. The van der Waals surface area contributed by atoms with E-state index in [9.17, 15) is 9.59 Å². The second kappa shape index (κ2) is 9.83. The minimum Gasteiger partial charge on any atom is -0.325 e. The van der Waals surface area contributed by atoms with Gasteiger partial charge in [0.15, 0.2) is 0 Å². The molecule has 3 aromatic carbocycles. The highest BCUT2D eigenvalue weighted by molar-refractivity contribution is 8.00. The van der Waals surface area contributed by atoms with Crippen LogP contribution in [0.2, 0.25) is 10.0 Å². The fraction of sp³-hybridized carbons (Fsp3) is 0.0909. The normalized spacial score (nSPS) is 11.6. The van der Waals surface area contributed by atoms with Crippen molar-refractivity contribution in [1.82, 2.24) is 0 Å². The Hall–Kier alpha value is -2.47. The van der Waals surface area contributed by atoms with Crippen LogP contribution in [0.1, 0.15) is 17.3 Å². The molecule has 0 aliphatic heterocycles. The summed E-state index contributed by atoms with van der Waals surface area (Å²) in [4.78, 5) is 25.6. The number of nitrogens with one attached hydrogen (secondary N) is 2. The number of thioether (sulfide) groups is 1. The number of rotatable bonds is 6. The average molecular weight is 445 g/mol. The Morgan fingerprint density at radius 2 is 1.45 bits per heavy atom. The van der Waals surface area contributed by atoms with Crippen molar-refractivity contribution in [3.63, 3.8) is 0 Å². The second-order valence-corrected chi connectivity index (χ2v) is 8.53. The maximum absolute atomic E-state index is 12.4. The summed E-state index contributed by atoms with van der Waals surface area (Å²) < 4.78 is 0. The monoisotopic (exact) mass is 444 g/mol. The number of amides is 2. The van der Waals surface area contributed by atoms with Crippen LogP contribution >= 0.6 is 35.0 Å². The smallest absolute Gasteiger partial charge is 0.255 e. The molecular formula is C22H18Cl2N2O2S. The van der Waals surface area contributed by atoms with Gasteiger partial charge in [0.1, 0.15) is 0 Å². The van der Waals surface area contributed by atoms with Gasteiger partial charge in [0.25, 0.3) is 5.91 Å². The SMILES string of the molecule is CC(Sc1ccc(NC(=O)c2cccc(Cl)c2)cc1)C(=O)Nc1ccc(Cl)cc1.